The summed E-state index contributed by atoms with van der Waals surface area (Å²) in [7, 11) is -5.75. The number of carbonyl (C=O) groups is 1. The average molecular weight is 246 g/mol. The van der Waals surface area contributed by atoms with Crippen LogP contribution < -0.4 is 0 Å². The van der Waals surface area contributed by atoms with E-state index >= 15 is 0 Å². The van der Waals surface area contributed by atoms with Crippen LogP contribution in [-0.2, 0) is 19.6 Å². The molecule has 0 spiro atoms. The third kappa shape index (κ3) is 4.08. The first-order chi connectivity index (χ1) is 6.73. The number of esters is 1. The highest BCUT2D eigenvalue weighted by Gasteiger charge is 2.54. The number of hydrogen-bond acceptors (Lipinski definition) is 4. The summed E-state index contributed by atoms with van der Waals surface area (Å²) < 4.78 is 57.3. The molecule has 0 radical (unpaired) electrons. The lowest BCUT2D eigenvalue weighted by Crippen LogP contribution is -2.39. The third-order valence-electron chi connectivity index (χ3n) is 1.54. The molecule has 0 bridgehead atoms. The third-order valence-corrected chi connectivity index (χ3v) is 2.36. The zero-order valence-corrected chi connectivity index (χ0v) is 8.89. The quantitative estimate of drug-likeness (QED) is 0.432. The van der Waals surface area contributed by atoms with Crippen molar-refractivity contribution < 1.29 is 31.3 Å². The van der Waals surface area contributed by atoms with Crippen molar-refractivity contribution >= 4 is 16.1 Å². The van der Waals surface area contributed by atoms with Gasteiger partial charge in [-0.05, 0) is 6.42 Å². The Balaban J connectivity index is 4.22. The molecule has 0 aromatic carbocycles. The van der Waals surface area contributed by atoms with E-state index in [1.165, 1.54) is 0 Å². The molecule has 0 rings (SSSR count). The minimum Gasteiger partial charge on any atom is -0.460 e. The number of ether oxygens (including phenoxy) is 1. The largest absolute Gasteiger partial charge is 0.465 e. The lowest BCUT2D eigenvalue weighted by Gasteiger charge is -2.11. The Kier molecular flexibility index (Phi) is 5.09. The maximum Gasteiger partial charge on any atom is 0.465 e. The van der Waals surface area contributed by atoms with Crippen molar-refractivity contribution in [2.45, 2.75) is 31.4 Å². The van der Waals surface area contributed by atoms with Crippen LogP contribution in [0.2, 0.25) is 0 Å². The van der Waals surface area contributed by atoms with E-state index in [1.807, 2.05) is 6.92 Å². The van der Waals surface area contributed by atoms with E-state index in [1.54, 1.807) is 0 Å². The fourth-order valence-electron chi connectivity index (χ4n) is 0.706. The van der Waals surface area contributed by atoms with Gasteiger partial charge in [0, 0.05) is 0 Å². The number of carbonyl (C=O) groups excluding carboxylic acids is 1. The van der Waals surface area contributed by atoms with Gasteiger partial charge >= 0.3 is 21.3 Å². The van der Waals surface area contributed by atoms with Crippen LogP contribution in [0.4, 0.5) is 8.78 Å². The SMILES string of the molecule is CCCCCOC(=O)C(F)(F)S(=O)(=O)O. The van der Waals surface area contributed by atoms with Crippen LogP contribution in [-0.4, -0.2) is 30.8 Å². The number of hydrogen-bond donors (Lipinski definition) is 1. The van der Waals surface area contributed by atoms with E-state index in [0.29, 0.717) is 12.8 Å². The van der Waals surface area contributed by atoms with Gasteiger partial charge in [-0.25, -0.2) is 4.79 Å². The number of rotatable bonds is 6. The highest BCUT2D eigenvalue weighted by molar-refractivity contribution is 7.87. The van der Waals surface area contributed by atoms with Crippen LogP contribution >= 0.6 is 0 Å². The fourth-order valence-corrected chi connectivity index (χ4v) is 0.976. The van der Waals surface area contributed by atoms with E-state index < -0.39 is 21.3 Å². The zero-order valence-electron chi connectivity index (χ0n) is 8.07. The van der Waals surface area contributed by atoms with E-state index in [2.05, 4.69) is 4.74 Å². The van der Waals surface area contributed by atoms with Crippen molar-refractivity contribution in [3.63, 3.8) is 0 Å². The Labute approximate surface area is 86.2 Å². The van der Waals surface area contributed by atoms with E-state index in [4.69, 9.17) is 4.55 Å². The maximum atomic E-state index is 12.5. The molecular weight excluding hydrogens is 234 g/mol. The van der Waals surface area contributed by atoms with Gasteiger partial charge in [0.05, 0.1) is 6.61 Å². The van der Waals surface area contributed by atoms with Gasteiger partial charge in [-0.15, -0.1) is 0 Å². The van der Waals surface area contributed by atoms with Gasteiger partial charge in [-0.2, -0.15) is 17.2 Å². The van der Waals surface area contributed by atoms with Gasteiger partial charge in [-0.3, -0.25) is 4.55 Å². The van der Waals surface area contributed by atoms with E-state index in [-0.39, 0.29) is 6.61 Å². The normalized spacial score (nSPS) is 12.5. The molecule has 0 atom stereocenters. The zero-order chi connectivity index (χ0) is 12.1. The van der Waals surface area contributed by atoms with Crippen molar-refractivity contribution in [3.05, 3.63) is 0 Å². The molecule has 5 nitrogen and oxygen atoms in total. The van der Waals surface area contributed by atoms with Crippen LogP contribution in [0.3, 0.4) is 0 Å². The second-order valence-corrected chi connectivity index (χ2v) is 4.30. The molecule has 0 aromatic rings. The molecule has 0 unspecified atom stereocenters. The molecule has 8 heteroatoms. The summed E-state index contributed by atoms with van der Waals surface area (Å²) in [4.78, 5) is 10.6. The molecule has 0 fully saturated rings. The molecule has 0 aliphatic heterocycles. The summed E-state index contributed by atoms with van der Waals surface area (Å²) >= 11 is 0. The van der Waals surface area contributed by atoms with E-state index in [0.717, 1.165) is 6.42 Å². The van der Waals surface area contributed by atoms with Crippen molar-refractivity contribution in [2.24, 2.45) is 0 Å². The molecule has 15 heavy (non-hydrogen) atoms. The molecule has 0 amide bonds. The summed E-state index contributed by atoms with van der Waals surface area (Å²) in [5.41, 5.74) is 0. The summed E-state index contributed by atoms with van der Waals surface area (Å²) in [6.45, 7) is 1.56. The fraction of sp³-hybridized carbons (Fsp3) is 0.857. The predicted octanol–water partition coefficient (Wildman–Crippen LogP) is 1.20. The van der Waals surface area contributed by atoms with Crippen LogP contribution in [0.1, 0.15) is 26.2 Å². The molecule has 0 heterocycles. The van der Waals surface area contributed by atoms with Crippen LogP contribution in [0.25, 0.3) is 0 Å². The van der Waals surface area contributed by atoms with Crippen LogP contribution in [0.5, 0.6) is 0 Å². The summed E-state index contributed by atoms with van der Waals surface area (Å²) in [5.74, 6) is -2.25. The first-order valence-corrected chi connectivity index (χ1v) is 5.69. The smallest absolute Gasteiger partial charge is 0.460 e. The Bertz CT molecular complexity index is 311. The van der Waals surface area contributed by atoms with Crippen molar-refractivity contribution in [1.82, 2.24) is 0 Å². The van der Waals surface area contributed by atoms with Crippen molar-refractivity contribution in [2.75, 3.05) is 6.61 Å². The van der Waals surface area contributed by atoms with Gasteiger partial charge in [0.15, 0.2) is 0 Å². The monoisotopic (exact) mass is 246 g/mol. The molecule has 0 saturated heterocycles. The topological polar surface area (TPSA) is 80.7 Å². The number of unbranched alkanes of at least 4 members (excludes halogenated alkanes) is 2. The predicted molar refractivity (Wildman–Crippen MR) is 47.0 cm³/mol. The lowest BCUT2D eigenvalue weighted by molar-refractivity contribution is -0.161. The second-order valence-electron chi connectivity index (χ2n) is 2.83. The molecule has 0 aliphatic carbocycles. The Morgan fingerprint density at radius 3 is 2.33 bits per heavy atom. The highest BCUT2D eigenvalue weighted by atomic mass is 32.2. The highest BCUT2D eigenvalue weighted by Crippen LogP contribution is 2.22. The Hall–Kier alpha value is -0.760. The van der Waals surface area contributed by atoms with Gasteiger partial charge in [0.2, 0.25) is 0 Å². The summed E-state index contributed by atoms with van der Waals surface area (Å²) in [6, 6.07) is 0. The molecule has 0 aromatic heterocycles. The lowest BCUT2D eigenvalue weighted by atomic mass is 10.3. The molecule has 90 valence electrons. The Morgan fingerprint density at radius 1 is 1.40 bits per heavy atom. The van der Waals surface area contributed by atoms with Gasteiger partial charge in [0.1, 0.15) is 0 Å². The maximum absolute atomic E-state index is 12.5. The number of alkyl halides is 2. The molecule has 0 aliphatic rings. The summed E-state index contributed by atoms with van der Waals surface area (Å²) in [6.07, 6.45) is 1.83. The second kappa shape index (κ2) is 5.36. The van der Waals surface area contributed by atoms with Crippen molar-refractivity contribution in [1.29, 1.82) is 0 Å². The van der Waals surface area contributed by atoms with Gasteiger partial charge in [0.25, 0.3) is 0 Å². The van der Waals surface area contributed by atoms with Gasteiger partial charge < -0.3 is 4.74 Å². The van der Waals surface area contributed by atoms with Crippen molar-refractivity contribution in [3.8, 4) is 0 Å². The first kappa shape index (κ1) is 14.2. The minimum absolute atomic E-state index is 0.294. The number of halogens is 2. The molecule has 1 N–H and O–H groups in total. The van der Waals surface area contributed by atoms with Crippen LogP contribution in [0.15, 0.2) is 0 Å². The average Bonchev–Trinajstić information content (AvgIpc) is 2.10. The van der Waals surface area contributed by atoms with Gasteiger partial charge in [-0.1, -0.05) is 19.8 Å². The van der Waals surface area contributed by atoms with E-state index in [9.17, 15) is 22.0 Å². The van der Waals surface area contributed by atoms with Crippen LogP contribution in [0, 0.1) is 0 Å². The Morgan fingerprint density at radius 2 is 1.93 bits per heavy atom. The standard InChI is InChI=1S/C7H12F2O5S/c1-2-3-4-5-14-6(10)7(8,9)15(11,12)13/h2-5H2,1H3,(H,11,12,13). The molecular formula is C7H12F2O5S. The first-order valence-electron chi connectivity index (χ1n) is 4.25. The molecule has 0 saturated carbocycles. The minimum atomic E-state index is -5.75. The summed E-state index contributed by atoms with van der Waals surface area (Å²) in [5, 5.41) is -4.89.